The summed E-state index contributed by atoms with van der Waals surface area (Å²) in [5, 5.41) is 2.82. The number of nitrogens with two attached hydrogens (primary N) is 2. The third kappa shape index (κ3) is 5.82. The highest BCUT2D eigenvalue weighted by molar-refractivity contribution is 5.94. The smallest absolute Gasteiger partial charge is 0.343 e. The number of carbonyl (C=O) groups excluding carboxylic acids is 2. The number of methoxy groups -OCH3 is 1. The van der Waals surface area contributed by atoms with Gasteiger partial charge in [-0.3, -0.25) is 4.79 Å². The zero-order chi connectivity index (χ0) is 18.9. The van der Waals surface area contributed by atoms with Gasteiger partial charge in [-0.25, -0.2) is 9.79 Å². The first-order valence-corrected chi connectivity index (χ1v) is 7.74. The molecule has 5 N–H and O–H groups in total. The highest BCUT2D eigenvalue weighted by atomic mass is 16.6. The van der Waals surface area contributed by atoms with Gasteiger partial charge in [0.25, 0.3) is 5.91 Å². The first-order chi connectivity index (χ1) is 12.5. The number of hydrogen-bond acceptors (Lipinski definition) is 5. The van der Waals surface area contributed by atoms with Crippen molar-refractivity contribution in [2.75, 3.05) is 13.7 Å². The molecule has 136 valence electrons. The average molecular weight is 356 g/mol. The summed E-state index contributed by atoms with van der Waals surface area (Å²) in [5.41, 5.74) is 12.6. The van der Waals surface area contributed by atoms with Crippen molar-refractivity contribution in [2.24, 2.45) is 16.5 Å². The Morgan fingerprint density at radius 3 is 2.27 bits per heavy atom. The van der Waals surface area contributed by atoms with Crippen LogP contribution in [-0.4, -0.2) is 31.6 Å². The van der Waals surface area contributed by atoms with E-state index in [1.165, 1.54) is 7.11 Å². The summed E-state index contributed by atoms with van der Waals surface area (Å²) < 4.78 is 9.75. The van der Waals surface area contributed by atoms with Gasteiger partial charge in [-0.1, -0.05) is 12.1 Å². The number of guanidine groups is 1. The third-order valence-corrected chi connectivity index (χ3v) is 3.35. The predicted molar refractivity (Wildman–Crippen MR) is 97.0 cm³/mol. The average Bonchev–Trinajstić information content (AvgIpc) is 2.65. The number of nitrogens with one attached hydrogen (secondary N) is 1. The van der Waals surface area contributed by atoms with Gasteiger partial charge in [-0.15, -0.1) is 0 Å². The van der Waals surface area contributed by atoms with Crippen LogP contribution < -0.4 is 21.5 Å². The van der Waals surface area contributed by atoms with Gasteiger partial charge in [0.1, 0.15) is 5.75 Å². The van der Waals surface area contributed by atoms with E-state index >= 15 is 0 Å². The number of aliphatic imine (C=N–C) groups is 1. The minimum Gasteiger partial charge on any atom is -0.482 e. The Balaban J connectivity index is 1.86. The molecule has 1 amide bonds. The standard InChI is InChI=1S/C18H20N4O4/c1-25-16(23)11-26-15-8-2-12(3-9-15)10-21-17(24)13-4-6-14(7-5-13)22-18(19)20/h2-9H,10-11H2,1H3,(H,21,24)(H4,19,20,22). The molecule has 0 spiro atoms. The van der Waals surface area contributed by atoms with Crippen molar-refractivity contribution in [2.45, 2.75) is 6.54 Å². The molecule has 0 heterocycles. The van der Waals surface area contributed by atoms with Gasteiger partial charge in [0, 0.05) is 12.1 Å². The van der Waals surface area contributed by atoms with Gasteiger partial charge in [0.15, 0.2) is 12.6 Å². The van der Waals surface area contributed by atoms with E-state index in [1.807, 2.05) is 0 Å². The molecule has 0 radical (unpaired) electrons. The Labute approximate surface area is 150 Å². The lowest BCUT2D eigenvalue weighted by atomic mass is 10.1. The lowest BCUT2D eigenvalue weighted by molar-refractivity contribution is -0.142. The van der Waals surface area contributed by atoms with E-state index in [0.717, 1.165) is 5.56 Å². The van der Waals surface area contributed by atoms with Gasteiger partial charge in [-0.05, 0) is 42.0 Å². The molecule has 0 aromatic heterocycles. The van der Waals surface area contributed by atoms with Crippen molar-refractivity contribution >= 4 is 23.5 Å². The minimum atomic E-state index is -0.452. The number of ether oxygens (including phenoxy) is 2. The van der Waals surface area contributed by atoms with Crippen molar-refractivity contribution in [3.05, 3.63) is 59.7 Å². The summed E-state index contributed by atoms with van der Waals surface area (Å²) in [6, 6.07) is 13.6. The number of carbonyl (C=O) groups is 2. The van der Waals surface area contributed by atoms with Crippen LogP contribution in [-0.2, 0) is 16.1 Å². The Hall–Kier alpha value is -3.55. The van der Waals surface area contributed by atoms with Crippen LogP contribution in [0.2, 0.25) is 0 Å². The van der Waals surface area contributed by atoms with Crippen molar-refractivity contribution in [3.8, 4) is 5.75 Å². The first-order valence-electron chi connectivity index (χ1n) is 7.74. The van der Waals surface area contributed by atoms with Crippen LogP contribution in [0.5, 0.6) is 5.75 Å². The lowest BCUT2D eigenvalue weighted by Crippen LogP contribution is -2.23. The summed E-state index contributed by atoms with van der Waals surface area (Å²) in [5.74, 6) is -0.165. The molecule has 0 atom stereocenters. The Bertz CT molecular complexity index is 782. The normalized spacial score (nSPS) is 9.88. The van der Waals surface area contributed by atoms with E-state index in [2.05, 4.69) is 15.0 Å². The van der Waals surface area contributed by atoms with Gasteiger partial charge in [0.05, 0.1) is 12.8 Å². The molecular formula is C18H20N4O4. The Kier molecular flexibility index (Phi) is 6.55. The van der Waals surface area contributed by atoms with Gasteiger partial charge in [-0.2, -0.15) is 0 Å². The fraction of sp³-hybridized carbons (Fsp3) is 0.167. The molecule has 26 heavy (non-hydrogen) atoms. The second-order valence-electron chi connectivity index (χ2n) is 5.27. The molecule has 2 rings (SSSR count). The SMILES string of the molecule is COC(=O)COc1ccc(CNC(=O)c2ccc(N=C(N)N)cc2)cc1. The van der Waals surface area contributed by atoms with Gasteiger partial charge < -0.3 is 26.3 Å². The van der Waals surface area contributed by atoms with Crippen molar-refractivity contribution in [1.82, 2.24) is 5.32 Å². The third-order valence-electron chi connectivity index (χ3n) is 3.35. The molecule has 8 nitrogen and oxygen atoms in total. The molecule has 0 aliphatic carbocycles. The molecule has 2 aromatic rings. The summed E-state index contributed by atoms with van der Waals surface area (Å²) in [7, 11) is 1.30. The van der Waals surface area contributed by atoms with Gasteiger partial charge in [0.2, 0.25) is 0 Å². The second-order valence-corrected chi connectivity index (χ2v) is 5.27. The van der Waals surface area contributed by atoms with Crippen molar-refractivity contribution in [3.63, 3.8) is 0 Å². The fourth-order valence-corrected chi connectivity index (χ4v) is 2.03. The number of nitrogens with zero attached hydrogens (tertiary/aromatic N) is 1. The van der Waals surface area contributed by atoms with E-state index < -0.39 is 5.97 Å². The highest BCUT2D eigenvalue weighted by Crippen LogP contribution is 2.14. The summed E-state index contributed by atoms with van der Waals surface area (Å²) in [6.07, 6.45) is 0. The molecule has 0 fully saturated rings. The van der Waals surface area contributed by atoms with Crippen molar-refractivity contribution in [1.29, 1.82) is 0 Å². The second kappa shape index (κ2) is 9.07. The monoisotopic (exact) mass is 356 g/mol. The van der Waals surface area contributed by atoms with E-state index in [9.17, 15) is 9.59 Å². The zero-order valence-electron chi connectivity index (χ0n) is 14.3. The Morgan fingerprint density at radius 2 is 1.69 bits per heavy atom. The Morgan fingerprint density at radius 1 is 1.04 bits per heavy atom. The molecule has 0 aliphatic heterocycles. The van der Waals surface area contributed by atoms with E-state index in [4.69, 9.17) is 16.2 Å². The maximum absolute atomic E-state index is 12.2. The summed E-state index contributed by atoms with van der Waals surface area (Å²) in [4.78, 5) is 27.1. The molecule has 2 aromatic carbocycles. The quantitative estimate of drug-likeness (QED) is 0.387. The largest absolute Gasteiger partial charge is 0.482 e. The highest BCUT2D eigenvalue weighted by Gasteiger charge is 2.06. The van der Waals surface area contributed by atoms with Crippen LogP contribution >= 0.6 is 0 Å². The molecule has 0 aliphatic rings. The molecule has 8 heteroatoms. The summed E-state index contributed by atoms with van der Waals surface area (Å²) >= 11 is 0. The molecule has 0 saturated carbocycles. The topological polar surface area (TPSA) is 129 Å². The van der Waals surface area contributed by atoms with Crippen LogP contribution in [0.15, 0.2) is 53.5 Å². The molecular weight excluding hydrogens is 336 g/mol. The minimum absolute atomic E-state index is 0.0405. The van der Waals surface area contributed by atoms with Crippen molar-refractivity contribution < 1.29 is 19.1 Å². The van der Waals surface area contributed by atoms with Crippen LogP contribution in [0, 0.1) is 0 Å². The molecule has 0 saturated heterocycles. The maximum atomic E-state index is 12.2. The lowest BCUT2D eigenvalue weighted by Gasteiger charge is -2.08. The first kappa shape index (κ1) is 18.8. The number of benzene rings is 2. The number of esters is 1. The molecule has 0 bridgehead atoms. The van der Waals surface area contributed by atoms with Crippen LogP contribution in [0.3, 0.4) is 0 Å². The zero-order valence-corrected chi connectivity index (χ0v) is 14.3. The van der Waals surface area contributed by atoms with E-state index in [1.54, 1.807) is 48.5 Å². The van der Waals surface area contributed by atoms with Crippen LogP contribution in [0.25, 0.3) is 0 Å². The van der Waals surface area contributed by atoms with Crippen LogP contribution in [0.4, 0.5) is 5.69 Å². The number of rotatable bonds is 7. The van der Waals surface area contributed by atoms with E-state index in [0.29, 0.717) is 23.5 Å². The predicted octanol–water partition coefficient (Wildman–Crippen LogP) is 1.07. The summed E-state index contributed by atoms with van der Waals surface area (Å²) in [6.45, 7) is 0.203. The van der Waals surface area contributed by atoms with E-state index in [-0.39, 0.29) is 18.5 Å². The maximum Gasteiger partial charge on any atom is 0.343 e. The number of amides is 1. The number of hydrogen-bond donors (Lipinski definition) is 3. The van der Waals surface area contributed by atoms with Crippen LogP contribution in [0.1, 0.15) is 15.9 Å². The van der Waals surface area contributed by atoms with Gasteiger partial charge >= 0.3 is 5.97 Å². The fourth-order valence-electron chi connectivity index (χ4n) is 2.03. The molecule has 0 unspecified atom stereocenters.